The van der Waals surface area contributed by atoms with Gasteiger partial charge in [0, 0.05) is 91.2 Å². The van der Waals surface area contributed by atoms with E-state index in [4.69, 9.17) is 23.6 Å². The molecule has 8 rings (SSSR count). The highest BCUT2D eigenvalue weighted by Crippen LogP contribution is 2.42. The largest absolute Gasteiger partial charge is 0.507 e. The van der Waals surface area contributed by atoms with Crippen LogP contribution >= 0.6 is 0 Å². The first kappa shape index (κ1) is 45.1. The zero-order valence-electron chi connectivity index (χ0n) is 37.3. The molecule has 0 aliphatic carbocycles. The molecule has 4 bridgehead atoms. The standard InChI is InChI=1S/C48H58N4O12/c1-21-11-9-12-22(2)47(60)51-38-43(58)34-33(37-45(38)63-32-18-28(17-30(53)36(32)50-37)52-19-27-13-10-15-49-29(27)20-52)35-44(26(6)42(34)57)64-48(7,46(35)59)62-16-14-31(61-8)23(3)40(55)25(5)41(56)24(4)39(21)54/h9,11-12,14,16-18,21,23-25,27,29,31,39-41,49,54-57,59H,10,13,15,19-20H2,1-8H3,(H,51,60)/b11-9+,16-14+,22-12-/t21-,23+,24+,25-,27-,29+,31-,39-,40+,41+,48-/m0/s1. The number of phenols is 1. The van der Waals surface area contributed by atoms with Crippen LogP contribution in [0.4, 0.5) is 11.4 Å². The lowest BCUT2D eigenvalue weighted by atomic mass is 9.78. The molecule has 16 heteroatoms. The van der Waals surface area contributed by atoms with Gasteiger partial charge in [-0.2, -0.15) is 0 Å². The minimum Gasteiger partial charge on any atom is -0.507 e. The number of carbonyl (C=O) groups excluding carboxylic acids is 1. The van der Waals surface area contributed by atoms with Crippen LogP contribution in [-0.4, -0.2) is 99.4 Å². The van der Waals surface area contributed by atoms with Crippen molar-refractivity contribution < 1.29 is 49.0 Å². The molecule has 7 N–H and O–H groups in total. The molecule has 4 aromatic rings. The molecule has 0 unspecified atom stereocenters. The second-order valence-electron chi connectivity index (χ2n) is 18.3. The van der Waals surface area contributed by atoms with Crippen molar-refractivity contribution in [1.29, 1.82) is 0 Å². The predicted octanol–water partition coefficient (Wildman–Crippen LogP) is 4.18. The number of carbonyl (C=O) groups is 1. The van der Waals surface area contributed by atoms with Crippen LogP contribution in [0.1, 0.15) is 59.9 Å². The summed E-state index contributed by atoms with van der Waals surface area (Å²) in [5.41, 5.74) is -1.19. The van der Waals surface area contributed by atoms with Crippen LogP contribution in [0.3, 0.4) is 0 Å². The van der Waals surface area contributed by atoms with Crippen molar-refractivity contribution >= 4 is 56.0 Å². The molecule has 2 saturated heterocycles. The Bertz CT molecular complexity index is 2790. The molecule has 4 aliphatic rings. The average molecular weight is 883 g/mol. The minimum absolute atomic E-state index is 0.0314. The minimum atomic E-state index is -1.95. The molecule has 3 aromatic carbocycles. The zero-order chi connectivity index (χ0) is 46.1. The maximum Gasteiger partial charge on any atom is 0.307 e. The smallest absolute Gasteiger partial charge is 0.307 e. The Morgan fingerprint density at radius 1 is 0.922 bits per heavy atom. The number of nitrogens with zero attached hydrogens (tertiary/aromatic N) is 2. The van der Waals surface area contributed by atoms with E-state index in [-0.39, 0.29) is 66.8 Å². The third-order valence-electron chi connectivity index (χ3n) is 14.1. The summed E-state index contributed by atoms with van der Waals surface area (Å²) in [5, 5.41) is 63.8. The van der Waals surface area contributed by atoms with Crippen molar-refractivity contribution in [2.75, 3.05) is 37.0 Å². The van der Waals surface area contributed by atoms with Gasteiger partial charge in [0.15, 0.2) is 22.4 Å². The Morgan fingerprint density at radius 2 is 1.64 bits per heavy atom. The number of aliphatic hydroxyl groups excluding tert-OH is 4. The van der Waals surface area contributed by atoms with Gasteiger partial charge >= 0.3 is 5.79 Å². The summed E-state index contributed by atoms with van der Waals surface area (Å²) in [5.74, 6) is -5.75. The number of rotatable bonds is 2. The van der Waals surface area contributed by atoms with E-state index < -0.39 is 82.1 Å². The quantitative estimate of drug-likeness (QED) is 0.111. The third kappa shape index (κ3) is 7.58. The lowest BCUT2D eigenvalue weighted by molar-refractivity contribution is -0.112. The van der Waals surface area contributed by atoms with Gasteiger partial charge in [0.1, 0.15) is 22.7 Å². The molecule has 342 valence electrons. The highest BCUT2D eigenvalue weighted by molar-refractivity contribution is 6.16. The first-order valence-electron chi connectivity index (χ1n) is 22.0. The van der Waals surface area contributed by atoms with Crippen molar-refractivity contribution in [3.63, 3.8) is 0 Å². The maximum atomic E-state index is 14.8. The average Bonchev–Trinajstić information content (AvgIpc) is 3.83. The molecule has 64 heavy (non-hydrogen) atoms. The number of fused-ring (bicyclic) bond motifs is 3. The molecule has 0 saturated carbocycles. The van der Waals surface area contributed by atoms with Crippen LogP contribution in [-0.2, 0) is 14.3 Å². The number of methoxy groups -OCH3 is 1. The molecule has 4 aliphatic heterocycles. The van der Waals surface area contributed by atoms with Gasteiger partial charge in [-0.25, -0.2) is 4.98 Å². The van der Waals surface area contributed by atoms with E-state index in [2.05, 4.69) is 15.5 Å². The number of piperidine rings is 1. The van der Waals surface area contributed by atoms with Crippen molar-refractivity contribution in [3.8, 4) is 11.5 Å². The molecule has 5 heterocycles. The Kier molecular flexibility index (Phi) is 12.1. The molecule has 11 atom stereocenters. The number of anilines is 2. The number of hydrogen-bond acceptors (Lipinski definition) is 15. The van der Waals surface area contributed by atoms with E-state index in [0.717, 1.165) is 25.9 Å². The first-order valence-corrected chi connectivity index (χ1v) is 22.0. The Morgan fingerprint density at radius 3 is 2.36 bits per heavy atom. The predicted molar refractivity (Wildman–Crippen MR) is 242 cm³/mol. The summed E-state index contributed by atoms with van der Waals surface area (Å²) in [6.45, 7) is 13.7. The number of amides is 1. The van der Waals surface area contributed by atoms with Gasteiger partial charge in [0.05, 0.1) is 41.3 Å². The van der Waals surface area contributed by atoms with Gasteiger partial charge in [-0.1, -0.05) is 45.9 Å². The van der Waals surface area contributed by atoms with Crippen LogP contribution in [0.2, 0.25) is 0 Å². The van der Waals surface area contributed by atoms with Gasteiger partial charge in [0.2, 0.25) is 10.9 Å². The Labute approximate surface area is 369 Å². The normalized spacial score (nSPS) is 33.5. The number of hydrogen-bond donors (Lipinski definition) is 7. The number of nitrogens with one attached hydrogen (secondary N) is 2. The summed E-state index contributed by atoms with van der Waals surface area (Å²) < 4.78 is 24.6. The summed E-state index contributed by atoms with van der Waals surface area (Å²) >= 11 is 0. The highest BCUT2D eigenvalue weighted by atomic mass is 16.7. The molecular formula is C48H58N4O12. The summed E-state index contributed by atoms with van der Waals surface area (Å²) in [4.78, 5) is 49.7. The Balaban J connectivity index is 1.35. The van der Waals surface area contributed by atoms with Crippen molar-refractivity contribution in [2.45, 2.75) is 97.6 Å². The SMILES string of the molecule is CO[C@H]1/C=C/O[C@@]2(C)Oc3c(C)c(O)c4c(=O)c(c5oc6cc(N7C[C@@H]8CCCN[C@@H]8C7)cc(=O)c6nc5c4c3=C2O)NC(=O)/C(C)=C\C=C\[C@H](C)[C@H](O)[C@@H](C)[C@@H](O)[C@@H](C)[C@H](O)[C@@H]1C. The van der Waals surface area contributed by atoms with Crippen LogP contribution in [0, 0.1) is 36.5 Å². The number of phenolic OH excluding ortho intramolecular Hbond substituents is 1. The maximum absolute atomic E-state index is 14.8. The highest BCUT2D eigenvalue weighted by Gasteiger charge is 2.44. The third-order valence-corrected chi connectivity index (χ3v) is 14.1. The van der Waals surface area contributed by atoms with E-state index in [1.807, 2.05) is 0 Å². The number of ether oxygens (including phenoxy) is 3. The molecule has 16 nitrogen and oxygen atoms in total. The van der Waals surface area contributed by atoms with Crippen LogP contribution in [0.5, 0.6) is 11.5 Å². The lowest BCUT2D eigenvalue weighted by Gasteiger charge is -2.36. The number of allylic oxidation sites excluding steroid dienone is 2. The second kappa shape index (κ2) is 17.1. The fourth-order valence-electron chi connectivity index (χ4n) is 9.93. The Hall–Kier alpha value is -5.52. The van der Waals surface area contributed by atoms with E-state index in [9.17, 15) is 39.9 Å². The number of aliphatic hydroxyl groups is 4. The van der Waals surface area contributed by atoms with Crippen molar-refractivity contribution in [2.24, 2.45) is 29.6 Å². The van der Waals surface area contributed by atoms with Crippen LogP contribution < -0.4 is 36.3 Å². The molecule has 1 aromatic heterocycles. The van der Waals surface area contributed by atoms with E-state index >= 15 is 0 Å². The molecule has 0 radical (unpaired) electrons. The molecular weight excluding hydrogens is 825 g/mol. The lowest BCUT2D eigenvalue weighted by Crippen LogP contribution is -2.44. The second-order valence-corrected chi connectivity index (χ2v) is 18.3. The monoisotopic (exact) mass is 882 g/mol. The number of aromatic nitrogens is 1. The van der Waals surface area contributed by atoms with E-state index in [1.165, 1.54) is 52.4 Å². The summed E-state index contributed by atoms with van der Waals surface area (Å²) in [6, 6.07) is 3.47. The van der Waals surface area contributed by atoms with Crippen LogP contribution in [0.25, 0.3) is 38.7 Å². The molecule has 0 spiro atoms. The molecule has 1 amide bonds. The van der Waals surface area contributed by atoms with Gasteiger partial charge in [-0.05, 0) is 45.2 Å². The van der Waals surface area contributed by atoms with Crippen LogP contribution in [0.15, 0.2) is 62.3 Å². The molecule has 2 fully saturated rings. The fraction of sp³-hybridized carbons (Fsp3) is 0.500. The van der Waals surface area contributed by atoms with Gasteiger partial charge in [-0.3, -0.25) is 14.4 Å². The number of aromatic hydroxyl groups is 1. The van der Waals surface area contributed by atoms with Gasteiger partial charge in [-0.15, -0.1) is 0 Å². The topological polar surface area (TPSA) is 233 Å². The summed E-state index contributed by atoms with van der Waals surface area (Å²) in [6.07, 6.45) is 5.65. The first-order chi connectivity index (χ1) is 30.4. The van der Waals surface area contributed by atoms with E-state index in [0.29, 0.717) is 18.2 Å². The van der Waals surface area contributed by atoms with Crippen molar-refractivity contribution in [1.82, 2.24) is 10.3 Å². The fourth-order valence-corrected chi connectivity index (χ4v) is 9.93. The zero-order valence-corrected chi connectivity index (χ0v) is 37.3. The van der Waals surface area contributed by atoms with E-state index in [1.54, 1.807) is 45.9 Å². The van der Waals surface area contributed by atoms with Gasteiger partial charge in [0.25, 0.3) is 5.91 Å². The summed E-state index contributed by atoms with van der Waals surface area (Å²) in [7, 11) is 1.45. The van der Waals surface area contributed by atoms with Crippen molar-refractivity contribution in [3.05, 3.63) is 79.5 Å². The van der Waals surface area contributed by atoms with Gasteiger partial charge < -0.3 is 59.7 Å². The number of benzene rings is 3.